The van der Waals surface area contributed by atoms with Crippen LogP contribution in [0.3, 0.4) is 0 Å². The van der Waals surface area contributed by atoms with Crippen LogP contribution in [0.1, 0.15) is 30.9 Å². The van der Waals surface area contributed by atoms with Gasteiger partial charge in [-0.15, -0.1) is 0 Å². The number of aliphatic hydroxyl groups is 1. The van der Waals surface area contributed by atoms with E-state index in [0.29, 0.717) is 22.5 Å². The Kier molecular flexibility index (Phi) is 5.48. The zero-order chi connectivity index (χ0) is 13.8. The maximum atomic E-state index is 10.2. The number of likely N-dealkylation sites (tertiary alicyclic amines) is 1. The molecule has 0 saturated carbocycles. The first kappa shape index (κ1) is 15.1. The van der Waals surface area contributed by atoms with Gasteiger partial charge in [0.15, 0.2) is 0 Å². The molecule has 0 radical (unpaired) electrons. The number of aliphatic hydroxyl groups excluding tert-OH is 1. The van der Waals surface area contributed by atoms with Crippen molar-refractivity contribution in [3.63, 3.8) is 0 Å². The van der Waals surface area contributed by atoms with Crippen LogP contribution < -0.4 is 5.73 Å². The number of hydrogen-bond donors (Lipinski definition) is 2. The SMILES string of the molecule is NC1CCN(CCC(O)c2ccc(Cl)c(Cl)c2)CC1. The third kappa shape index (κ3) is 4.33. The van der Waals surface area contributed by atoms with Crippen molar-refractivity contribution in [3.05, 3.63) is 33.8 Å². The predicted octanol–water partition coefficient (Wildman–Crippen LogP) is 2.84. The van der Waals surface area contributed by atoms with Crippen LogP contribution in [0.4, 0.5) is 0 Å². The monoisotopic (exact) mass is 302 g/mol. The van der Waals surface area contributed by atoms with Gasteiger partial charge in [0.2, 0.25) is 0 Å². The highest BCUT2D eigenvalue weighted by atomic mass is 35.5. The molecule has 3 nitrogen and oxygen atoms in total. The van der Waals surface area contributed by atoms with Gasteiger partial charge in [-0.05, 0) is 50.0 Å². The minimum absolute atomic E-state index is 0.344. The van der Waals surface area contributed by atoms with E-state index < -0.39 is 6.10 Å². The van der Waals surface area contributed by atoms with Gasteiger partial charge in [0.05, 0.1) is 16.1 Å². The highest BCUT2D eigenvalue weighted by molar-refractivity contribution is 6.42. The molecule has 1 heterocycles. The summed E-state index contributed by atoms with van der Waals surface area (Å²) >= 11 is 11.8. The van der Waals surface area contributed by atoms with Crippen molar-refractivity contribution in [1.82, 2.24) is 4.90 Å². The normalized spacial score (nSPS) is 19.6. The van der Waals surface area contributed by atoms with Crippen molar-refractivity contribution in [2.75, 3.05) is 19.6 Å². The van der Waals surface area contributed by atoms with Gasteiger partial charge >= 0.3 is 0 Å². The molecule has 1 atom stereocenters. The molecule has 1 fully saturated rings. The van der Waals surface area contributed by atoms with Gasteiger partial charge in [0.1, 0.15) is 0 Å². The van der Waals surface area contributed by atoms with Crippen molar-refractivity contribution in [3.8, 4) is 0 Å². The molecule has 1 aliphatic rings. The van der Waals surface area contributed by atoms with E-state index in [-0.39, 0.29) is 0 Å². The molecule has 1 aliphatic heterocycles. The van der Waals surface area contributed by atoms with Crippen LogP contribution in [-0.2, 0) is 0 Å². The van der Waals surface area contributed by atoms with Gasteiger partial charge in [-0.25, -0.2) is 0 Å². The summed E-state index contributed by atoms with van der Waals surface area (Å²) in [5.74, 6) is 0. The topological polar surface area (TPSA) is 49.5 Å². The second-order valence-corrected chi connectivity index (χ2v) is 5.97. The molecule has 0 aromatic heterocycles. The summed E-state index contributed by atoms with van der Waals surface area (Å²) in [4.78, 5) is 2.35. The Morgan fingerprint density at radius 2 is 1.95 bits per heavy atom. The van der Waals surface area contributed by atoms with Gasteiger partial charge in [-0.3, -0.25) is 0 Å². The van der Waals surface area contributed by atoms with E-state index in [0.717, 1.165) is 38.0 Å². The summed E-state index contributed by atoms with van der Waals surface area (Å²) in [7, 11) is 0. The lowest BCUT2D eigenvalue weighted by Crippen LogP contribution is -2.40. The number of halogens is 2. The fourth-order valence-corrected chi connectivity index (χ4v) is 2.67. The van der Waals surface area contributed by atoms with Gasteiger partial charge in [0.25, 0.3) is 0 Å². The molecular formula is C14H20Cl2N2O. The van der Waals surface area contributed by atoms with Crippen LogP contribution in [0.2, 0.25) is 10.0 Å². The van der Waals surface area contributed by atoms with Crippen molar-refractivity contribution in [2.24, 2.45) is 5.73 Å². The van der Waals surface area contributed by atoms with Crippen molar-refractivity contribution in [2.45, 2.75) is 31.4 Å². The fourth-order valence-electron chi connectivity index (χ4n) is 2.37. The zero-order valence-electron chi connectivity index (χ0n) is 10.9. The highest BCUT2D eigenvalue weighted by Gasteiger charge is 2.17. The molecule has 0 amide bonds. The van der Waals surface area contributed by atoms with Gasteiger partial charge in [-0.2, -0.15) is 0 Å². The smallest absolute Gasteiger partial charge is 0.0802 e. The average Bonchev–Trinajstić information content (AvgIpc) is 2.41. The number of piperidine rings is 1. The number of hydrogen-bond acceptors (Lipinski definition) is 3. The van der Waals surface area contributed by atoms with Crippen LogP contribution in [0.5, 0.6) is 0 Å². The van der Waals surface area contributed by atoms with Crippen molar-refractivity contribution < 1.29 is 5.11 Å². The molecule has 1 unspecified atom stereocenters. The highest BCUT2D eigenvalue weighted by Crippen LogP contribution is 2.27. The quantitative estimate of drug-likeness (QED) is 0.899. The molecule has 5 heteroatoms. The molecule has 0 bridgehead atoms. The third-order valence-corrected chi connectivity index (χ3v) is 4.42. The Labute approximate surface area is 124 Å². The minimum atomic E-state index is -0.495. The van der Waals surface area contributed by atoms with E-state index in [9.17, 15) is 5.11 Å². The number of rotatable bonds is 4. The Hall–Kier alpha value is -0.320. The zero-order valence-corrected chi connectivity index (χ0v) is 12.4. The standard InChI is InChI=1S/C14H20Cl2N2O/c15-12-2-1-10(9-13(12)16)14(19)5-8-18-6-3-11(17)4-7-18/h1-2,9,11,14,19H,3-8,17H2. The Balaban J connectivity index is 1.83. The Morgan fingerprint density at radius 3 is 2.58 bits per heavy atom. The van der Waals surface area contributed by atoms with E-state index in [1.54, 1.807) is 12.1 Å². The maximum Gasteiger partial charge on any atom is 0.0802 e. The summed E-state index contributed by atoms with van der Waals surface area (Å²) < 4.78 is 0. The summed E-state index contributed by atoms with van der Waals surface area (Å²) in [6.45, 7) is 2.93. The van der Waals surface area contributed by atoms with Crippen molar-refractivity contribution in [1.29, 1.82) is 0 Å². The molecule has 2 rings (SSSR count). The van der Waals surface area contributed by atoms with Crippen molar-refractivity contribution >= 4 is 23.2 Å². The van der Waals surface area contributed by atoms with E-state index >= 15 is 0 Å². The first-order chi connectivity index (χ1) is 9.06. The molecule has 1 aromatic rings. The third-order valence-electron chi connectivity index (χ3n) is 3.68. The van der Waals surface area contributed by atoms with Crippen LogP contribution in [0, 0.1) is 0 Å². The van der Waals surface area contributed by atoms with Crippen LogP contribution in [0.25, 0.3) is 0 Å². The molecule has 0 aliphatic carbocycles. The summed E-state index contributed by atoms with van der Waals surface area (Å²) in [5.41, 5.74) is 6.69. The number of nitrogens with two attached hydrogens (primary N) is 1. The fraction of sp³-hybridized carbons (Fsp3) is 0.571. The molecule has 19 heavy (non-hydrogen) atoms. The average molecular weight is 303 g/mol. The summed E-state index contributed by atoms with van der Waals surface area (Å²) in [6, 6.07) is 5.63. The van der Waals surface area contributed by atoms with E-state index in [2.05, 4.69) is 4.90 Å². The molecule has 3 N–H and O–H groups in total. The molecule has 106 valence electrons. The lowest BCUT2D eigenvalue weighted by Gasteiger charge is -2.30. The van der Waals surface area contributed by atoms with Crippen LogP contribution in [-0.4, -0.2) is 35.7 Å². The second-order valence-electron chi connectivity index (χ2n) is 5.16. The summed E-state index contributed by atoms with van der Waals surface area (Å²) in [6.07, 6.45) is 2.30. The van der Waals surface area contributed by atoms with E-state index in [1.807, 2.05) is 6.07 Å². The van der Waals surface area contributed by atoms with E-state index in [4.69, 9.17) is 28.9 Å². The number of nitrogens with zero attached hydrogens (tertiary/aromatic N) is 1. The lowest BCUT2D eigenvalue weighted by atomic mass is 10.0. The number of benzene rings is 1. The lowest BCUT2D eigenvalue weighted by molar-refractivity contribution is 0.131. The Bertz CT molecular complexity index is 420. The van der Waals surface area contributed by atoms with Gasteiger partial charge in [0, 0.05) is 12.6 Å². The van der Waals surface area contributed by atoms with Gasteiger partial charge in [-0.1, -0.05) is 29.3 Å². The molecule has 0 spiro atoms. The van der Waals surface area contributed by atoms with Crippen LogP contribution in [0.15, 0.2) is 18.2 Å². The van der Waals surface area contributed by atoms with E-state index in [1.165, 1.54) is 0 Å². The Morgan fingerprint density at radius 1 is 1.26 bits per heavy atom. The van der Waals surface area contributed by atoms with Gasteiger partial charge < -0.3 is 15.7 Å². The molecule has 1 aromatic carbocycles. The molecular weight excluding hydrogens is 283 g/mol. The van der Waals surface area contributed by atoms with Crippen LogP contribution >= 0.6 is 23.2 Å². The first-order valence-electron chi connectivity index (χ1n) is 6.67. The largest absolute Gasteiger partial charge is 0.388 e. The maximum absolute atomic E-state index is 10.2. The first-order valence-corrected chi connectivity index (χ1v) is 7.43. The molecule has 1 saturated heterocycles. The second kappa shape index (κ2) is 6.91. The summed E-state index contributed by atoms with van der Waals surface area (Å²) in [5, 5.41) is 11.2. The predicted molar refractivity (Wildman–Crippen MR) is 79.7 cm³/mol. The minimum Gasteiger partial charge on any atom is -0.388 e.